The fourth-order valence-corrected chi connectivity index (χ4v) is 7.72. The minimum atomic E-state index is -1.02. The van der Waals surface area contributed by atoms with Crippen LogP contribution < -0.4 is 0 Å². The average molecular weight is 797 g/mol. The molecule has 59 heavy (non-hydrogen) atoms. The quantitative estimate of drug-likeness (QED) is 0.0924. The minimum absolute atomic E-state index is 0.0383. The van der Waals surface area contributed by atoms with Crippen LogP contribution in [0.1, 0.15) is 113 Å². The van der Waals surface area contributed by atoms with E-state index in [1.807, 2.05) is 32.9 Å². The summed E-state index contributed by atoms with van der Waals surface area (Å²) in [5, 5.41) is 31.0. The van der Waals surface area contributed by atoms with Gasteiger partial charge in [-0.05, 0) is 152 Å². The molecule has 1 atom stereocenters. The normalized spacial score (nSPS) is 18.6. The first-order valence-electron chi connectivity index (χ1n) is 20.3. The van der Waals surface area contributed by atoms with Crippen molar-refractivity contribution >= 4 is 41.1 Å². The summed E-state index contributed by atoms with van der Waals surface area (Å²) in [6.45, 7) is 18.4. The molecule has 8 bridgehead atoms. The lowest BCUT2D eigenvalue weighted by molar-refractivity contribution is -0.137. The first kappa shape index (κ1) is 44.2. The third-order valence-electron chi connectivity index (χ3n) is 11.1. The molecule has 10 heteroatoms. The Morgan fingerprint density at radius 3 is 1.73 bits per heavy atom. The Morgan fingerprint density at radius 2 is 1.12 bits per heavy atom. The molecule has 0 aromatic carbocycles. The number of fused-ring (bicyclic) bond motifs is 4. The van der Waals surface area contributed by atoms with E-state index >= 15 is 0 Å². The number of aliphatic imine (C=N–C) groups is 4. The van der Waals surface area contributed by atoms with E-state index in [-0.39, 0.29) is 31.3 Å². The summed E-state index contributed by atoms with van der Waals surface area (Å²) < 4.78 is 0. The molecule has 0 aliphatic carbocycles. The van der Waals surface area contributed by atoms with Gasteiger partial charge >= 0.3 is 11.9 Å². The van der Waals surface area contributed by atoms with E-state index < -0.39 is 18.0 Å². The molecule has 10 nitrogen and oxygen atoms in total. The van der Waals surface area contributed by atoms with Gasteiger partial charge in [0.2, 0.25) is 0 Å². The first-order valence-corrected chi connectivity index (χ1v) is 20.3. The number of allylic oxidation sites excluding steroid dienone is 18. The van der Waals surface area contributed by atoms with Gasteiger partial charge in [0.1, 0.15) is 0 Å². The van der Waals surface area contributed by atoms with E-state index in [4.69, 9.17) is 20.0 Å². The van der Waals surface area contributed by atoms with E-state index in [0.29, 0.717) is 81.5 Å². The molecule has 0 radical (unpaired) electrons. The number of aliphatic hydroxyl groups is 1. The van der Waals surface area contributed by atoms with Gasteiger partial charge in [0, 0.05) is 29.6 Å². The molecular weight excluding hydrogens is 741 g/mol. The lowest BCUT2D eigenvalue weighted by Gasteiger charge is -2.14. The number of carbonyl (C=O) groups excluding carboxylic acids is 1. The van der Waals surface area contributed by atoms with Gasteiger partial charge < -0.3 is 15.3 Å². The molecule has 308 valence electrons. The van der Waals surface area contributed by atoms with Crippen LogP contribution in [-0.2, 0) is 14.4 Å². The van der Waals surface area contributed by atoms with Crippen molar-refractivity contribution < 1.29 is 29.7 Å². The number of rotatable bonds is 18. The van der Waals surface area contributed by atoms with Gasteiger partial charge in [-0.2, -0.15) is 0 Å². The number of aliphatic hydroxyl groups excluding tert-OH is 1. The summed E-state index contributed by atoms with van der Waals surface area (Å²) in [5.41, 5.74) is 13.3. The van der Waals surface area contributed by atoms with E-state index in [1.165, 1.54) is 16.7 Å². The Bertz CT molecular complexity index is 2330. The average Bonchev–Trinajstić information content (AvgIpc) is 3.85. The minimum Gasteiger partial charge on any atom is -0.481 e. The van der Waals surface area contributed by atoms with Gasteiger partial charge in [0.15, 0.2) is 6.29 Å². The maximum absolute atomic E-state index is 12.8. The van der Waals surface area contributed by atoms with Crippen molar-refractivity contribution in [1.29, 1.82) is 0 Å². The van der Waals surface area contributed by atoms with Crippen molar-refractivity contribution in [3.8, 4) is 0 Å². The fourth-order valence-electron chi connectivity index (χ4n) is 7.72. The summed E-state index contributed by atoms with van der Waals surface area (Å²) in [4.78, 5) is 56.0. The molecule has 1 unspecified atom stereocenters. The van der Waals surface area contributed by atoms with Crippen LogP contribution in [0.5, 0.6) is 0 Å². The molecular formula is C49H56N4O6. The third-order valence-corrected chi connectivity index (χ3v) is 11.1. The SMILES string of the molecule is C=CC1=C(C)C2=CC3=NC(=CC4=NC(=CC5=NC(=CC1=N2)C(C)=C5CCC(=O)O)C(CCC(=O)O)=C4C=O)C(C)=C3C(O)CCC=C(C)CCC=C(C)CCC=C(C)C. The molecule has 0 saturated heterocycles. The number of carbonyl (C=O) groups is 3. The van der Waals surface area contributed by atoms with E-state index in [9.17, 15) is 29.7 Å². The molecule has 5 rings (SSSR count). The second-order valence-electron chi connectivity index (χ2n) is 15.8. The predicted molar refractivity (Wildman–Crippen MR) is 238 cm³/mol. The van der Waals surface area contributed by atoms with E-state index in [0.717, 1.165) is 48.0 Å². The second kappa shape index (κ2) is 19.7. The van der Waals surface area contributed by atoms with Gasteiger partial charge in [-0.15, -0.1) is 0 Å². The molecule has 5 aliphatic heterocycles. The van der Waals surface area contributed by atoms with Gasteiger partial charge in [0.25, 0.3) is 0 Å². The summed E-state index contributed by atoms with van der Waals surface area (Å²) in [7, 11) is 0. The van der Waals surface area contributed by atoms with Gasteiger partial charge in [-0.1, -0.05) is 47.6 Å². The molecule has 0 fully saturated rings. The highest BCUT2D eigenvalue weighted by Crippen LogP contribution is 2.38. The smallest absolute Gasteiger partial charge is 0.303 e. The van der Waals surface area contributed by atoms with Crippen LogP contribution in [0.4, 0.5) is 0 Å². The van der Waals surface area contributed by atoms with Crippen molar-refractivity contribution in [2.45, 2.75) is 119 Å². The Balaban J connectivity index is 1.56. The van der Waals surface area contributed by atoms with Crippen molar-refractivity contribution in [2.75, 3.05) is 0 Å². The Hall–Kier alpha value is -5.87. The highest BCUT2D eigenvalue weighted by molar-refractivity contribution is 6.26. The zero-order chi connectivity index (χ0) is 43.0. The molecule has 0 spiro atoms. The highest BCUT2D eigenvalue weighted by Gasteiger charge is 2.31. The van der Waals surface area contributed by atoms with Crippen molar-refractivity contribution in [3.05, 3.63) is 139 Å². The number of aldehydes is 1. The predicted octanol–water partition coefficient (Wildman–Crippen LogP) is 10.3. The van der Waals surface area contributed by atoms with Crippen LogP contribution in [0.3, 0.4) is 0 Å². The third kappa shape index (κ3) is 10.8. The molecule has 5 aliphatic rings. The molecule has 0 amide bonds. The lowest BCUT2D eigenvalue weighted by Crippen LogP contribution is -2.16. The van der Waals surface area contributed by atoms with Crippen molar-refractivity contribution in [1.82, 2.24) is 0 Å². The topological polar surface area (TPSA) is 161 Å². The number of carboxylic acid groups (broad SMARTS) is 2. The fraction of sp³-hybridized carbons (Fsp3) is 0.367. The number of nitrogens with zero attached hydrogens (tertiary/aromatic N) is 4. The van der Waals surface area contributed by atoms with E-state index in [2.05, 4.69) is 52.5 Å². The summed E-state index contributed by atoms with van der Waals surface area (Å²) in [6.07, 6.45) is 20.5. The van der Waals surface area contributed by atoms with Crippen molar-refractivity contribution in [3.63, 3.8) is 0 Å². The standard InChI is InChI=1S/C49H56N4O6/c1-9-34-31(6)39-25-45-49(46(55)18-12-17-30(5)16-11-15-29(4)14-10-13-28(2)3)33(8)40(52-45)24-44-37(27-54)36(20-22-48(58)59)43(53-44)26-42-35(19-21-47(56)57)32(7)38(51-42)23-41(34)50-39/h9,13,15,17,23-27,46,55H,1,10-12,14,16,18-22H2,2-8H3,(H,56,57)(H,58,59). The van der Waals surface area contributed by atoms with Crippen LogP contribution in [0.2, 0.25) is 0 Å². The zero-order valence-electron chi connectivity index (χ0n) is 35.4. The monoisotopic (exact) mass is 796 g/mol. The molecule has 0 saturated carbocycles. The maximum Gasteiger partial charge on any atom is 0.303 e. The summed E-state index contributed by atoms with van der Waals surface area (Å²) in [5.74, 6) is -1.98. The Kier molecular flexibility index (Phi) is 14.8. The van der Waals surface area contributed by atoms with Crippen LogP contribution in [0, 0.1) is 0 Å². The Labute approximate surface area is 347 Å². The van der Waals surface area contributed by atoms with E-state index in [1.54, 1.807) is 18.2 Å². The highest BCUT2D eigenvalue weighted by atomic mass is 16.4. The van der Waals surface area contributed by atoms with Crippen LogP contribution in [-0.4, -0.2) is 62.5 Å². The Morgan fingerprint density at radius 1 is 0.627 bits per heavy atom. The number of carboxylic acids is 2. The van der Waals surface area contributed by atoms with Gasteiger partial charge in [-0.3, -0.25) is 14.4 Å². The van der Waals surface area contributed by atoms with Gasteiger partial charge in [-0.25, -0.2) is 20.0 Å². The molecule has 3 N–H and O–H groups in total. The number of hydrogen-bond acceptors (Lipinski definition) is 8. The summed E-state index contributed by atoms with van der Waals surface area (Å²) in [6, 6.07) is 0. The van der Waals surface area contributed by atoms with Crippen LogP contribution in [0.15, 0.2) is 159 Å². The summed E-state index contributed by atoms with van der Waals surface area (Å²) >= 11 is 0. The van der Waals surface area contributed by atoms with Gasteiger partial charge in [0.05, 0.1) is 51.7 Å². The maximum atomic E-state index is 12.8. The van der Waals surface area contributed by atoms with Crippen LogP contribution >= 0.6 is 0 Å². The van der Waals surface area contributed by atoms with Crippen molar-refractivity contribution in [2.24, 2.45) is 20.0 Å². The number of aliphatic carboxylic acids is 2. The molecule has 0 aromatic rings. The molecule has 5 heterocycles. The second-order valence-corrected chi connectivity index (χ2v) is 15.8. The molecule has 0 aromatic heterocycles. The zero-order valence-corrected chi connectivity index (χ0v) is 35.4. The largest absolute Gasteiger partial charge is 0.481 e. The lowest BCUT2D eigenvalue weighted by atomic mass is 9.94. The first-order chi connectivity index (χ1) is 28.1. The number of hydrogen-bond donors (Lipinski definition) is 3. The van der Waals surface area contributed by atoms with Crippen LogP contribution in [0.25, 0.3) is 0 Å².